The average molecular weight is 302 g/mol. The number of carbonyl (C=O) groups is 2. The van der Waals surface area contributed by atoms with Crippen molar-refractivity contribution in [2.45, 2.75) is 25.5 Å². The van der Waals surface area contributed by atoms with E-state index < -0.39 is 35.8 Å². The van der Waals surface area contributed by atoms with Crippen LogP contribution in [0.3, 0.4) is 0 Å². The van der Waals surface area contributed by atoms with Crippen LogP contribution in [0.5, 0.6) is 0 Å². The van der Waals surface area contributed by atoms with Gasteiger partial charge in [-0.05, 0) is 31.0 Å². The van der Waals surface area contributed by atoms with Crippen LogP contribution < -0.4 is 10.6 Å². The zero-order valence-corrected chi connectivity index (χ0v) is 11.3. The zero-order chi connectivity index (χ0) is 16.0. The quantitative estimate of drug-likeness (QED) is 0.620. The minimum absolute atomic E-state index is 0.0564. The fraction of sp³-hybridized carbons (Fsp3) is 0.385. The van der Waals surface area contributed by atoms with E-state index in [1.165, 1.54) is 6.92 Å². The lowest BCUT2D eigenvalue weighted by Gasteiger charge is -2.17. The Labute approximate surface area is 119 Å². The van der Waals surface area contributed by atoms with E-state index in [2.05, 4.69) is 10.6 Å². The normalized spacial score (nSPS) is 13.3. The second kappa shape index (κ2) is 7.53. The number of halogens is 2. The molecule has 1 aromatic rings. The van der Waals surface area contributed by atoms with Crippen LogP contribution in [0.25, 0.3) is 0 Å². The Bertz CT molecular complexity index is 503. The van der Waals surface area contributed by atoms with Crippen molar-refractivity contribution < 1.29 is 28.6 Å². The van der Waals surface area contributed by atoms with E-state index >= 15 is 0 Å². The van der Waals surface area contributed by atoms with Crippen LogP contribution in [0.15, 0.2) is 18.2 Å². The summed E-state index contributed by atoms with van der Waals surface area (Å²) in [6.45, 7) is 1.29. The van der Waals surface area contributed by atoms with Crippen LogP contribution in [0.4, 0.5) is 13.6 Å². The molecule has 8 heteroatoms. The minimum Gasteiger partial charge on any atom is -0.480 e. The number of carboxylic acid groups (broad SMARTS) is 1. The van der Waals surface area contributed by atoms with Crippen LogP contribution in [0, 0.1) is 11.6 Å². The first kappa shape index (κ1) is 16.8. The predicted octanol–water partition coefficient (Wildman–Crippen LogP) is 0.640. The third-order valence-electron chi connectivity index (χ3n) is 2.66. The maximum atomic E-state index is 12.9. The van der Waals surface area contributed by atoms with Gasteiger partial charge in [0, 0.05) is 12.6 Å². The molecule has 0 aromatic heterocycles. The fourth-order valence-corrected chi connectivity index (χ4v) is 1.66. The number of nitrogens with one attached hydrogen (secondary N) is 2. The number of aliphatic hydroxyl groups is 1. The van der Waals surface area contributed by atoms with Crippen molar-refractivity contribution in [1.29, 1.82) is 0 Å². The van der Waals surface area contributed by atoms with E-state index in [1.807, 2.05) is 0 Å². The van der Waals surface area contributed by atoms with Crippen LogP contribution in [0.2, 0.25) is 0 Å². The SMILES string of the molecule is C[C@@H](O)[C@H](NC(=O)NCCc1cc(F)cc(F)c1)C(=O)O. The summed E-state index contributed by atoms with van der Waals surface area (Å²) in [6, 6.07) is 0.789. The van der Waals surface area contributed by atoms with E-state index in [0.29, 0.717) is 5.56 Å². The summed E-state index contributed by atoms with van der Waals surface area (Å²) in [7, 11) is 0. The third kappa shape index (κ3) is 5.74. The van der Waals surface area contributed by atoms with Crippen molar-refractivity contribution in [1.82, 2.24) is 10.6 Å². The minimum atomic E-state index is -1.43. The van der Waals surface area contributed by atoms with Crippen LogP contribution >= 0.6 is 0 Å². The highest BCUT2D eigenvalue weighted by Crippen LogP contribution is 2.08. The van der Waals surface area contributed by atoms with E-state index in [-0.39, 0.29) is 13.0 Å². The Balaban J connectivity index is 2.44. The molecule has 1 rings (SSSR count). The lowest BCUT2D eigenvalue weighted by atomic mass is 10.1. The molecule has 0 saturated heterocycles. The summed E-state index contributed by atoms with van der Waals surface area (Å²) in [4.78, 5) is 22.2. The van der Waals surface area contributed by atoms with Gasteiger partial charge in [-0.25, -0.2) is 18.4 Å². The number of urea groups is 1. The molecule has 0 heterocycles. The molecule has 6 nitrogen and oxygen atoms in total. The van der Waals surface area contributed by atoms with Crippen LogP contribution in [-0.2, 0) is 11.2 Å². The topological polar surface area (TPSA) is 98.7 Å². The molecular weight excluding hydrogens is 286 g/mol. The molecule has 0 fully saturated rings. The second-order valence-corrected chi connectivity index (χ2v) is 4.48. The van der Waals surface area contributed by atoms with Gasteiger partial charge < -0.3 is 20.8 Å². The maximum Gasteiger partial charge on any atom is 0.328 e. The number of benzene rings is 1. The van der Waals surface area contributed by atoms with Crippen molar-refractivity contribution in [2.24, 2.45) is 0 Å². The van der Waals surface area contributed by atoms with Gasteiger partial charge in [-0.2, -0.15) is 0 Å². The Morgan fingerprint density at radius 2 is 1.81 bits per heavy atom. The summed E-state index contributed by atoms with van der Waals surface area (Å²) in [5, 5.41) is 22.4. The van der Waals surface area contributed by atoms with Gasteiger partial charge in [-0.1, -0.05) is 0 Å². The Morgan fingerprint density at radius 1 is 1.24 bits per heavy atom. The molecule has 0 aliphatic rings. The van der Waals surface area contributed by atoms with Gasteiger partial charge in [0.2, 0.25) is 0 Å². The maximum absolute atomic E-state index is 12.9. The average Bonchev–Trinajstić information content (AvgIpc) is 2.34. The standard InChI is InChI=1S/C13H16F2N2O4/c1-7(18)11(12(19)20)17-13(21)16-3-2-8-4-9(14)6-10(15)5-8/h4-7,11,18H,2-3H2,1H3,(H,19,20)(H2,16,17,21)/t7-,11+/m1/s1. The molecular formula is C13H16F2N2O4. The zero-order valence-electron chi connectivity index (χ0n) is 11.3. The predicted molar refractivity (Wildman–Crippen MR) is 69.7 cm³/mol. The van der Waals surface area contributed by atoms with Gasteiger partial charge >= 0.3 is 12.0 Å². The molecule has 0 radical (unpaired) electrons. The first-order valence-electron chi connectivity index (χ1n) is 6.20. The lowest BCUT2D eigenvalue weighted by Crippen LogP contribution is -2.51. The molecule has 0 aliphatic carbocycles. The van der Waals surface area contributed by atoms with Crippen molar-refractivity contribution in [3.05, 3.63) is 35.4 Å². The smallest absolute Gasteiger partial charge is 0.328 e. The molecule has 21 heavy (non-hydrogen) atoms. The fourth-order valence-electron chi connectivity index (χ4n) is 1.66. The molecule has 1 aromatic carbocycles. The van der Waals surface area contributed by atoms with E-state index in [4.69, 9.17) is 5.11 Å². The molecule has 2 atom stereocenters. The Morgan fingerprint density at radius 3 is 2.29 bits per heavy atom. The number of rotatable bonds is 6. The number of hydrogen-bond donors (Lipinski definition) is 4. The van der Waals surface area contributed by atoms with Gasteiger partial charge in [0.15, 0.2) is 6.04 Å². The Kier molecular flexibility index (Phi) is 6.04. The van der Waals surface area contributed by atoms with Crippen LogP contribution in [0.1, 0.15) is 12.5 Å². The summed E-state index contributed by atoms with van der Waals surface area (Å²) in [5.74, 6) is -2.80. The summed E-state index contributed by atoms with van der Waals surface area (Å²) < 4.78 is 25.9. The summed E-state index contributed by atoms with van der Waals surface area (Å²) >= 11 is 0. The number of hydrogen-bond acceptors (Lipinski definition) is 3. The number of amides is 2. The largest absolute Gasteiger partial charge is 0.480 e. The van der Waals surface area contributed by atoms with E-state index in [1.54, 1.807) is 0 Å². The second-order valence-electron chi connectivity index (χ2n) is 4.48. The lowest BCUT2D eigenvalue weighted by molar-refractivity contribution is -0.141. The number of aliphatic hydroxyl groups excluding tert-OH is 1. The highest BCUT2D eigenvalue weighted by molar-refractivity contribution is 5.82. The van der Waals surface area contributed by atoms with Gasteiger partial charge in [0.25, 0.3) is 0 Å². The molecule has 0 spiro atoms. The first-order valence-corrected chi connectivity index (χ1v) is 6.20. The number of carbonyl (C=O) groups excluding carboxylic acids is 1. The van der Waals surface area contributed by atoms with E-state index in [0.717, 1.165) is 18.2 Å². The van der Waals surface area contributed by atoms with Crippen LogP contribution in [-0.4, -0.2) is 40.9 Å². The molecule has 116 valence electrons. The summed E-state index contributed by atoms with van der Waals surface area (Å²) in [5.41, 5.74) is 0.359. The highest BCUT2D eigenvalue weighted by atomic mass is 19.1. The summed E-state index contributed by atoms with van der Waals surface area (Å²) in [6.07, 6.45) is -1.08. The van der Waals surface area contributed by atoms with Crippen molar-refractivity contribution in [2.75, 3.05) is 6.54 Å². The van der Waals surface area contributed by atoms with Gasteiger partial charge in [-0.15, -0.1) is 0 Å². The van der Waals surface area contributed by atoms with Crippen molar-refractivity contribution >= 4 is 12.0 Å². The number of carboxylic acids is 1. The van der Waals surface area contributed by atoms with Gasteiger partial charge in [0.1, 0.15) is 11.6 Å². The highest BCUT2D eigenvalue weighted by Gasteiger charge is 2.24. The molecule has 4 N–H and O–H groups in total. The van der Waals surface area contributed by atoms with Gasteiger partial charge in [-0.3, -0.25) is 0 Å². The molecule has 2 amide bonds. The monoisotopic (exact) mass is 302 g/mol. The molecule has 0 saturated carbocycles. The molecule has 0 unspecified atom stereocenters. The third-order valence-corrected chi connectivity index (χ3v) is 2.66. The van der Waals surface area contributed by atoms with E-state index in [9.17, 15) is 23.5 Å². The van der Waals surface area contributed by atoms with Crippen molar-refractivity contribution in [3.8, 4) is 0 Å². The molecule has 0 aliphatic heterocycles. The Hall–Kier alpha value is -2.22. The number of aliphatic carboxylic acids is 1. The van der Waals surface area contributed by atoms with Gasteiger partial charge in [0.05, 0.1) is 6.10 Å². The molecule has 0 bridgehead atoms. The van der Waals surface area contributed by atoms with Crippen molar-refractivity contribution in [3.63, 3.8) is 0 Å². The first-order chi connectivity index (χ1) is 9.79.